The molecule has 0 bridgehead atoms. The minimum atomic E-state index is -3.53. The Labute approximate surface area is 202 Å². The van der Waals surface area contributed by atoms with Gasteiger partial charge in [-0.2, -0.15) is 0 Å². The number of para-hydroxylation sites is 1. The van der Waals surface area contributed by atoms with Crippen LogP contribution in [0.25, 0.3) is 0 Å². The maximum Gasteiger partial charge on any atom is 0.242 e. The molecule has 0 aromatic heterocycles. The molecule has 9 heteroatoms. The third kappa shape index (κ3) is 8.44. The first-order valence-corrected chi connectivity index (χ1v) is 13.0. The Hall–Kier alpha value is -2.94. The van der Waals surface area contributed by atoms with E-state index in [0.717, 1.165) is 6.26 Å². The standard InChI is InChI=1S/C25H34FN3O4S/c1-19(24(31)27-25(2,3)4)28(18-20-13-15-21(26)16-14-20)23(30)12-9-17-29(34(5,32)33)22-10-7-6-8-11-22/h6-8,10-11,13-16,19H,9,12,17-18H2,1-5H3,(H,27,31). The van der Waals surface area contributed by atoms with Crippen molar-refractivity contribution in [2.24, 2.45) is 0 Å². The van der Waals surface area contributed by atoms with E-state index in [2.05, 4.69) is 5.32 Å². The molecule has 0 saturated heterocycles. The Morgan fingerprint density at radius 2 is 1.62 bits per heavy atom. The molecular formula is C25H34FN3O4S. The van der Waals surface area contributed by atoms with Crippen LogP contribution in [0.5, 0.6) is 0 Å². The average molecular weight is 492 g/mol. The lowest BCUT2D eigenvalue weighted by atomic mass is 10.1. The maximum absolute atomic E-state index is 13.3. The van der Waals surface area contributed by atoms with E-state index in [4.69, 9.17) is 0 Å². The number of benzene rings is 2. The summed E-state index contributed by atoms with van der Waals surface area (Å²) in [6.45, 7) is 7.47. The quantitative estimate of drug-likeness (QED) is 0.549. The van der Waals surface area contributed by atoms with Crippen molar-refractivity contribution in [2.45, 2.75) is 58.7 Å². The van der Waals surface area contributed by atoms with Crippen molar-refractivity contribution in [2.75, 3.05) is 17.1 Å². The monoisotopic (exact) mass is 491 g/mol. The molecule has 2 aromatic rings. The molecule has 0 heterocycles. The van der Waals surface area contributed by atoms with E-state index < -0.39 is 21.6 Å². The van der Waals surface area contributed by atoms with Gasteiger partial charge in [0.15, 0.2) is 0 Å². The summed E-state index contributed by atoms with van der Waals surface area (Å²) >= 11 is 0. The number of hydrogen-bond donors (Lipinski definition) is 1. The molecule has 0 aliphatic carbocycles. The molecular weight excluding hydrogens is 457 g/mol. The first-order valence-electron chi connectivity index (χ1n) is 11.2. The lowest BCUT2D eigenvalue weighted by molar-refractivity contribution is -0.141. The molecule has 0 radical (unpaired) electrons. The lowest BCUT2D eigenvalue weighted by Gasteiger charge is -2.32. The first kappa shape index (κ1) is 27.3. The lowest BCUT2D eigenvalue weighted by Crippen LogP contribution is -2.52. The second-order valence-corrected chi connectivity index (χ2v) is 11.2. The molecule has 186 valence electrons. The van der Waals surface area contributed by atoms with E-state index in [0.29, 0.717) is 11.3 Å². The van der Waals surface area contributed by atoms with Crippen LogP contribution in [0.3, 0.4) is 0 Å². The van der Waals surface area contributed by atoms with E-state index in [1.807, 2.05) is 20.8 Å². The third-order valence-corrected chi connectivity index (χ3v) is 6.32. The van der Waals surface area contributed by atoms with E-state index in [1.54, 1.807) is 49.4 Å². The second-order valence-electron chi connectivity index (χ2n) is 9.34. The highest BCUT2D eigenvalue weighted by molar-refractivity contribution is 7.92. The normalized spacial score (nSPS) is 12.6. The summed E-state index contributed by atoms with van der Waals surface area (Å²) in [6.07, 6.45) is 1.45. The fourth-order valence-corrected chi connectivity index (χ4v) is 4.41. The van der Waals surface area contributed by atoms with Gasteiger partial charge >= 0.3 is 0 Å². The van der Waals surface area contributed by atoms with Gasteiger partial charge in [-0.3, -0.25) is 13.9 Å². The molecule has 1 N–H and O–H groups in total. The maximum atomic E-state index is 13.3. The zero-order valence-corrected chi connectivity index (χ0v) is 21.2. The van der Waals surface area contributed by atoms with Gasteiger partial charge in [0.25, 0.3) is 0 Å². The molecule has 1 atom stereocenters. The number of halogens is 1. The Balaban J connectivity index is 2.16. The molecule has 0 aliphatic rings. The second kappa shape index (κ2) is 11.5. The van der Waals surface area contributed by atoms with Crippen molar-refractivity contribution >= 4 is 27.5 Å². The van der Waals surface area contributed by atoms with E-state index >= 15 is 0 Å². The fraction of sp³-hybridized carbons (Fsp3) is 0.440. The van der Waals surface area contributed by atoms with Crippen LogP contribution in [0.15, 0.2) is 54.6 Å². The van der Waals surface area contributed by atoms with Gasteiger partial charge in [-0.25, -0.2) is 12.8 Å². The van der Waals surface area contributed by atoms with E-state index in [9.17, 15) is 22.4 Å². The van der Waals surface area contributed by atoms with Crippen LogP contribution in [-0.4, -0.2) is 49.5 Å². The Bertz CT molecular complexity index is 1070. The van der Waals surface area contributed by atoms with Crippen LogP contribution in [0.4, 0.5) is 10.1 Å². The van der Waals surface area contributed by atoms with Gasteiger partial charge in [-0.15, -0.1) is 0 Å². The molecule has 0 fully saturated rings. The number of nitrogens with one attached hydrogen (secondary N) is 1. The highest BCUT2D eigenvalue weighted by Gasteiger charge is 2.28. The minimum absolute atomic E-state index is 0.0488. The number of nitrogens with zero attached hydrogens (tertiary/aromatic N) is 2. The Kier molecular flexibility index (Phi) is 9.21. The van der Waals surface area contributed by atoms with Crippen LogP contribution in [0, 0.1) is 5.82 Å². The number of hydrogen-bond acceptors (Lipinski definition) is 4. The summed E-state index contributed by atoms with van der Waals surface area (Å²) in [4.78, 5) is 27.4. The topological polar surface area (TPSA) is 86.8 Å². The van der Waals surface area contributed by atoms with Crippen LogP contribution < -0.4 is 9.62 Å². The van der Waals surface area contributed by atoms with Crippen molar-refractivity contribution in [3.8, 4) is 0 Å². The van der Waals surface area contributed by atoms with Crippen molar-refractivity contribution in [3.63, 3.8) is 0 Å². The van der Waals surface area contributed by atoms with Crippen molar-refractivity contribution in [1.29, 1.82) is 0 Å². The van der Waals surface area contributed by atoms with Crippen LogP contribution in [-0.2, 0) is 26.2 Å². The van der Waals surface area contributed by atoms with Gasteiger partial charge in [-0.05, 0) is 63.9 Å². The molecule has 0 saturated carbocycles. The van der Waals surface area contributed by atoms with Gasteiger partial charge < -0.3 is 10.2 Å². The van der Waals surface area contributed by atoms with Crippen LogP contribution in [0.2, 0.25) is 0 Å². The number of anilines is 1. The number of carbonyl (C=O) groups excluding carboxylic acids is 2. The molecule has 1 unspecified atom stereocenters. The number of sulfonamides is 1. The SMILES string of the molecule is CC(C(=O)NC(C)(C)C)N(Cc1ccc(F)cc1)C(=O)CCCN(c1ccccc1)S(C)(=O)=O. The minimum Gasteiger partial charge on any atom is -0.350 e. The zero-order chi connectivity index (χ0) is 25.5. The molecule has 0 aliphatic heterocycles. The predicted octanol–water partition coefficient (Wildman–Crippen LogP) is 3.70. The summed E-state index contributed by atoms with van der Waals surface area (Å²) in [5.41, 5.74) is 0.743. The van der Waals surface area contributed by atoms with Crippen molar-refractivity contribution in [1.82, 2.24) is 10.2 Å². The van der Waals surface area contributed by atoms with Crippen molar-refractivity contribution in [3.05, 3.63) is 66.0 Å². The Morgan fingerprint density at radius 1 is 1.03 bits per heavy atom. The largest absolute Gasteiger partial charge is 0.350 e. The summed E-state index contributed by atoms with van der Waals surface area (Å²) in [6, 6.07) is 13.7. The molecule has 34 heavy (non-hydrogen) atoms. The summed E-state index contributed by atoms with van der Waals surface area (Å²) in [5, 5.41) is 2.88. The molecule has 2 amide bonds. The summed E-state index contributed by atoms with van der Waals surface area (Å²) < 4.78 is 39.2. The van der Waals surface area contributed by atoms with Crippen LogP contribution >= 0.6 is 0 Å². The number of amides is 2. The summed E-state index contributed by atoms with van der Waals surface area (Å²) in [7, 11) is -3.53. The Morgan fingerprint density at radius 3 is 2.15 bits per heavy atom. The number of carbonyl (C=O) groups is 2. The first-order chi connectivity index (χ1) is 15.8. The van der Waals surface area contributed by atoms with Crippen molar-refractivity contribution < 1.29 is 22.4 Å². The highest BCUT2D eigenvalue weighted by atomic mass is 32.2. The smallest absolute Gasteiger partial charge is 0.242 e. The fourth-order valence-electron chi connectivity index (χ4n) is 3.44. The molecule has 0 spiro atoms. The van der Waals surface area contributed by atoms with Gasteiger partial charge in [0.1, 0.15) is 11.9 Å². The molecule has 2 rings (SSSR count). The predicted molar refractivity (Wildman–Crippen MR) is 132 cm³/mol. The molecule has 2 aromatic carbocycles. The number of rotatable bonds is 10. The van der Waals surface area contributed by atoms with E-state index in [-0.39, 0.29) is 43.6 Å². The van der Waals surface area contributed by atoms with Crippen LogP contribution in [0.1, 0.15) is 46.1 Å². The van der Waals surface area contributed by atoms with Gasteiger partial charge in [0, 0.05) is 25.0 Å². The van der Waals surface area contributed by atoms with Gasteiger partial charge in [-0.1, -0.05) is 30.3 Å². The molecule has 7 nitrogen and oxygen atoms in total. The summed E-state index contributed by atoms with van der Waals surface area (Å²) in [5.74, 6) is -0.977. The van der Waals surface area contributed by atoms with E-state index in [1.165, 1.54) is 21.3 Å². The zero-order valence-electron chi connectivity index (χ0n) is 20.4. The highest BCUT2D eigenvalue weighted by Crippen LogP contribution is 2.19. The third-order valence-electron chi connectivity index (χ3n) is 5.13. The van der Waals surface area contributed by atoms with Gasteiger partial charge in [0.05, 0.1) is 11.9 Å². The van der Waals surface area contributed by atoms with Gasteiger partial charge in [0.2, 0.25) is 21.8 Å². The average Bonchev–Trinajstić information content (AvgIpc) is 2.74.